The monoisotopic (exact) mass is 434 g/mol. The zero-order valence-corrected chi connectivity index (χ0v) is 17.2. The van der Waals surface area contributed by atoms with Crippen LogP contribution in [0.1, 0.15) is 62.5 Å². The Hall–Kier alpha value is -3.22. The summed E-state index contributed by atoms with van der Waals surface area (Å²) >= 11 is 0. The summed E-state index contributed by atoms with van der Waals surface area (Å²) in [5, 5.41) is 19.8. The van der Waals surface area contributed by atoms with Gasteiger partial charge >= 0.3 is 11.9 Å². The highest BCUT2D eigenvalue weighted by atomic mass is 19.4. The van der Waals surface area contributed by atoms with Crippen molar-refractivity contribution in [2.45, 2.75) is 51.9 Å². The molecule has 10 heteroatoms. The van der Waals surface area contributed by atoms with Gasteiger partial charge in [0.15, 0.2) is 0 Å². The largest absolute Gasteiger partial charge is 0.493 e. The fraction of sp³-hybridized carbons (Fsp3) is 0.476. The summed E-state index contributed by atoms with van der Waals surface area (Å²) in [5.74, 6) is -0.577. The molecular weight excluding hydrogens is 413 g/mol. The number of imidazole rings is 1. The van der Waals surface area contributed by atoms with Gasteiger partial charge < -0.3 is 10.0 Å². The maximum absolute atomic E-state index is 13.4. The first-order valence-corrected chi connectivity index (χ1v) is 9.81. The number of hydrogen-bond donors (Lipinski definition) is 1. The molecule has 1 aromatic carbocycles. The van der Waals surface area contributed by atoms with Crippen LogP contribution >= 0.6 is 0 Å². The molecule has 1 N–H and O–H groups in total. The van der Waals surface area contributed by atoms with Crippen molar-refractivity contribution in [3.05, 3.63) is 45.5 Å². The van der Waals surface area contributed by atoms with E-state index in [1.165, 1.54) is 16.7 Å². The van der Waals surface area contributed by atoms with Crippen LogP contribution in [0.2, 0.25) is 0 Å². The van der Waals surface area contributed by atoms with Gasteiger partial charge in [0.05, 0.1) is 35.0 Å². The molecule has 1 fully saturated rings. The van der Waals surface area contributed by atoms with Crippen LogP contribution in [0.3, 0.4) is 0 Å². The Labute approximate surface area is 175 Å². The first-order valence-electron chi connectivity index (χ1n) is 9.81. The number of carbonyl (C=O) groups excluding carboxylic acids is 1. The molecule has 1 aromatic heterocycles. The van der Waals surface area contributed by atoms with Gasteiger partial charge in [-0.1, -0.05) is 20.8 Å². The lowest BCUT2D eigenvalue weighted by Crippen LogP contribution is -2.39. The normalized spacial score (nSPS) is 20.1. The number of amides is 1. The lowest BCUT2D eigenvalue weighted by atomic mass is 9.91. The number of alkyl halides is 3. The first kappa shape index (κ1) is 21.0. The molecule has 0 saturated carbocycles. The van der Waals surface area contributed by atoms with Crippen LogP contribution in [-0.4, -0.2) is 31.6 Å². The maximum atomic E-state index is 13.4. The molecule has 2 atom stereocenters. The van der Waals surface area contributed by atoms with Gasteiger partial charge in [-0.25, -0.2) is 9.36 Å². The van der Waals surface area contributed by atoms with E-state index in [2.05, 4.69) is 0 Å². The number of rotatable bonds is 2. The molecule has 3 heterocycles. The van der Waals surface area contributed by atoms with E-state index in [1.54, 1.807) is 4.90 Å². The summed E-state index contributed by atoms with van der Waals surface area (Å²) < 4.78 is 42.2. The van der Waals surface area contributed by atoms with Crippen LogP contribution < -0.4 is 5.69 Å². The number of likely N-dealkylation sites (tertiary alicyclic amines) is 1. The molecule has 0 aliphatic carbocycles. The number of nitriles is 1. The Balaban J connectivity index is 1.78. The number of carbonyl (C=O) groups is 1. The molecule has 7 nitrogen and oxygen atoms in total. The fourth-order valence-corrected chi connectivity index (χ4v) is 4.51. The van der Waals surface area contributed by atoms with Crippen molar-refractivity contribution < 1.29 is 23.1 Å². The highest BCUT2D eigenvalue weighted by Crippen LogP contribution is 2.49. The Morgan fingerprint density at radius 1 is 1.29 bits per heavy atom. The van der Waals surface area contributed by atoms with Crippen LogP contribution in [-0.2, 0) is 11.0 Å². The van der Waals surface area contributed by atoms with Gasteiger partial charge in [0.2, 0.25) is 11.8 Å². The predicted molar refractivity (Wildman–Crippen MR) is 104 cm³/mol. The van der Waals surface area contributed by atoms with Crippen molar-refractivity contribution >= 4 is 5.91 Å². The van der Waals surface area contributed by atoms with Gasteiger partial charge in [0.25, 0.3) is 0 Å². The Bertz CT molecular complexity index is 1180. The van der Waals surface area contributed by atoms with Gasteiger partial charge in [-0.05, 0) is 30.0 Å². The number of halogens is 3. The Kier molecular flexibility index (Phi) is 4.50. The number of benzene rings is 1. The van der Waals surface area contributed by atoms with Crippen molar-refractivity contribution in [1.29, 1.82) is 5.26 Å². The molecule has 2 aromatic rings. The summed E-state index contributed by atoms with van der Waals surface area (Å²) in [7, 11) is 0. The van der Waals surface area contributed by atoms with Crippen LogP contribution in [0.5, 0.6) is 5.88 Å². The molecule has 0 spiro atoms. The molecule has 0 unspecified atom stereocenters. The van der Waals surface area contributed by atoms with Crippen molar-refractivity contribution in [3.63, 3.8) is 0 Å². The SMILES string of the molecule is CC(C)(C)CC(=O)N1C[C@@H]2C[C@H]1c1c(O)n(-c3ccc(C#N)c(C(F)(F)F)c3)c(=O)n12. The average Bonchev–Trinajstić information content (AvgIpc) is 3.31. The van der Waals surface area contributed by atoms with Crippen LogP contribution in [0.15, 0.2) is 23.0 Å². The summed E-state index contributed by atoms with van der Waals surface area (Å²) in [6.45, 7) is 6.13. The van der Waals surface area contributed by atoms with Crippen molar-refractivity contribution in [2.24, 2.45) is 5.41 Å². The van der Waals surface area contributed by atoms with E-state index in [-0.39, 0.29) is 28.7 Å². The van der Waals surface area contributed by atoms with Crippen LogP contribution in [0, 0.1) is 16.7 Å². The van der Waals surface area contributed by atoms with E-state index in [0.29, 0.717) is 25.5 Å². The second-order valence-corrected chi connectivity index (χ2v) is 9.23. The number of hydrogen-bond acceptors (Lipinski definition) is 4. The highest BCUT2D eigenvalue weighted by Gasteiger charge is 2.49. The van der Waals surface area contributed by atoms with Crippen molar-refractivity contribution in [3.8, 4) is 17.6 Å². The minimum Gasteiger partial charge on any atom is -0.493 e. The van der Waals surface area contributed by atoms with Crippen LogP contribution in [0.4, 0.5) is 13.2 Å². The third-order valence-electron chi connectivity index (χ3n) is 5.75. The Morgan fingerprint density at radius 2 is 1.97 bits per heavy atom. The summed E-state index contributed by atoms with van der Waals surface area (Å²) in [5.41, 5.74) is -2.61. The van der Waals surface area contributed by atoms with E-state index in [9.17, 15) is 27.9 Å². The minimum atomic E-state index is -4.79. The van der Waals surface area contributed by atoms with E-state index >= 15 is 0 Å². The van der Waals surface area contributed by atoms with Crippen molar-refractivity contribution in [2.75, 3.05) is 6.54 Å². The summed E-state index contributed by atoms with van der Waals surface area (Å²) in [6, 6.07) is 3.48. The number of nitrogens with zero attached hydrogens (tertiary/aromatic N) is 4. The van der Waals surface area contributed by atoms with E-state index in [0.717, 1.165) is 10.6 Å². The topological polar surface area (TPSA) is 91.3 Å². The lowest BCUT2D eigenvalue weighted by molar-refractivity contribution is -0.138. The third-order valence-corrected chi connectivity index (χ3v) is 5.75. The molecule has 1 amide bonds. The zero-order chi connectivity index (χ0) is 22.9. The third kappa shape index (κ3) is 3.28. The molecule has 0 radical (unpaired) electrons. The highest BCUT2D eigenvalue weighted by molar-refractivity contribution is 5.78. The predicted octanol–water partition coefficient (Wildman–Crippen LogP) is 3.50. The number of aromatic nitrogens is 2. The molecule has 2 bridgehead atoms. The molecule has 164 valence electrons. The second-order valence-electron chi connectivity index (χ2n) is 9.23. The summed E-state index contributed by atoms with van der Waals surface area (Å²) in [6.07, 6.45) is -4.01. The van der Waals surface area contributed by atoms with Gasteiger partial charge in [0, 0.05) is 13.0 Å². The molecular formula is C21H21F3N4O3. The molecule has 4 rings (SSSR count). The summed E-state index contributed by atoms with van der Waals surface area (Å²) in [4.78, 5) is 27.4. The lowest BCUT2D eigenvalue weighted by Gasteiger charge is -2.30. The maximum Gasteiger partial charge on any atom is 0.417 e. The van der Waals surface area contributed by atoms with Gasteiger partial charge in [-0.15, -0.1) is 0 Å². The standard InChI is InChI=1S/C21H21F3N4O3/c1-20(2,3)8-16(29)26-10-13-7-15(26)17-18(30)28(19(31)27(13)17)12-5-4-11(9-25)14(6-12)21(22,23)24/h4-6,13,15,30H,7-8,10H2,1-3H3/t13-,15-/m0/s1. The van der Waals surface area contributed by atoms with E-state index in [4.69, 9.17) is 5.26 Å². The smallest absolute Gasteiger partial charge is 0.417 e. The zero-order valence-electron chi connectivity index (χ0n) is 17.2. The molecule has 2 aliphatic rings. The van der Waals surface area contributed by atoms with Crippen molar-refractivity contribution in [1.82, 2.24) is 14.0 Å². The molecule has 1 saturated heterocycles. The van der Waals surface area contributed by atoms with Crippen LogP contribution in [0.25, 0.3) is 5.69 Å². The van der Waals surface area contributed by atoms with E-state index < -0.39 is 34.9 Å². The first-order chi connectivity index (χ1) is 14.3. The van der Waals surface area contributed by atoms with Gasteiger partial charge in [0.1, 0.15) is 5.69 Å². The minimum absolute atomic E-state index is 0.0939. The number of aromatic hydroxyl groups is 1. The molecule has 2 aliphatic heterocycles. The van der Waals surface area contributed by atoms with Gasteiger partial charge in [-0.3, -0.25) is 9.36 Å². The second kappa shape index (κ2) is 6.64. The van der Waals surface area contributed by atoms with E-state index in [1.807, 2.05) is 20.8 Å². The average molecular weight is 434 g/mol. The van der Waals surface area contributed by atoms with Gasteiger partial charge in [-0.2, -0.15) is 18.4 Å². The number of fused-ring (bicyclic) bond motifs is 5. The fourth-order valence-electron chi connectivity index (χ4n) is 4.51. The quantitative estimate of drug-likeness (QED) is 0.783. The molecule has 31 heavy (non-hydrogen) atoms. The Morgan fingerprint density at radius 3 is 2.55 bits per heavy atom.